The lowest BCUT2D eigenvalue weighted by molar-refractivity contribution is 0.837. The van der Waals surface area contributed by atoms with Gasteiger partial charge in [0.15, 0.2) is 0 Å². The van der Waals surface area contributed by atoms with E-state index < -0.39 is 0 Å². The molecule has 2 heterocycles. The van der Waals surface area contributed by atoms with E-state index in [4.69, 9.17) is 23.2 Å². The molecule has 3 nitrogen and oxygen atoms in total. The molecule has 0 atom stereocenters. The molecular weight excluding hydrogens is 317 g/mol. The Hall–Kier alpha value is -1.84. The van der Waals surface area contributed by atoms with Crippen LogP contribution in [-0.2, 0) is 6.42 Å². The number of halogens is 2. The third kappa shape index (κ3) is 3.67. The van der Waals surface area contributed by atoms with Gasteiger partial charge in [0.25, 0.3) is 0 Å². The lowest BCUT2D eigenvalue weighted by Gasteiger charge is -2.09. The molecule has 3 rings (SSSR count). The van der Waals surface area contributed by atoms with Gasteiger partial charge >= 0.3 is 0 Å². The van der Waals surface area contributed by atoms with E-state index in [1.807, 2.05) is 36.4 Å². The zero-order valence-electron chi connectivity index (χ0n) is 11.9. The maximum absolute atomic E-state index is 6.00. The lowest BCUT2D eigenvalue weighted by atomic mass is 10.1. The predicted octanol–water partition coefficient (Wildman–Crippen LogP) is 4.98. The summed E-state index contributed by atoms with van der Waals surface area (Å²) in [7, 11) is 0. The molecule has 0 bridgehead atoms. The SMILES string of the molecule is Clc1ccc2c(NCCCc3cccc(Cl)n3)ccnc2c1. The molecule has 0 aliphatic heterocycles. The Bertz CT molecular complexity index is 790. The molecule has 0 saturated carbocycles. The van der Waals surface area contributed by atoms with Crippen LogP contribution >= 0.6 is 23.2 Å². The molecule has 1 aromatic carbocycles. The van der Waals surface area contributed by atoms with Gasteiger partial charge in [0.05, 0.1) is 5.52 Å². The molecule has 22 heavy (non-hydrogen) atoms. The molecule has 0 amide bonds. The number of aryl methyl sites for hydroxylation is 1. The molecule has 0 fully saturated rings. The maximum atomic E-state index is 6.00. The van der Waals surface area contributed by atoms with Gasteiger partial charge in [-0.15, -0.1) is 0 Å². The Morgan fingerprint density at radius 3 is 2.82 bits per heavy atom. The number of benzene rings is 1. The molecular formula is C17H15Cl2N3. The van der Waals surface area contributed by atoms with E-state index in [1.165, 1.54) is 0 Å². The van der Waals surface area contributed by atoms with Gasteiger partial charge in [-0.25, -0.2) is 4.98 Å². The number of pyridine rings is 2. The standard InChI is InChI=1S/C17H15Cl2N3/c18-12-6-7-14-15(8-10-21-16(14)11-12)20-9-2-4-13-3-1-5-17(19)22-13/h1,3,5-8,10-11H,2,4,9H2,(H,20,21). The van der Waals surface area contributed by atoms with E-state index >= 15 is 0 Å². The van der Waals surface area contributed by atoms with Gasteiger partial charge < -0.3 is 5.32 Å². The molecule has 3 aromatic rings. The summed E-state index contributed by atoms with van der Waals surface area (Å²) >= 11 is 11.9. The molecule has 0 aliphatic carbocycles. The fourth-order valence-electron chi connectivity index (χ4n) is 2.36. The van der Waals surface area contributed by atoms with Crippen LogP contribution in [-0.4, -0.2) is 16.5 Å². The van der Waals surface area contributed by atoms with Crippen LogP contribution in [0, 0.1) is 0 Å². The van der Waals surface area contributed by atoms with Crippen LogP contribution in [0.2, 0.25) is 10.2 Å². The second-order valence-electron chi connectivity index (χ2n) is 5.00. The smallest absolute Gasteiger partial charge is 0.129 e. The van der Waals surface area contributed by atoms with Crippen LogP contribution in [0.5, 0.6) is 0 Å². The molecule has 112 valence electrons. The Morgan fingerprint density at radius 1 is 1.05 bits per heavy atom. The van der Waals surface area contributed by atoms with Crippen molar-refractivity contribution in [2.24, 2.45) is 0 Å². The van der Waals surface area contributed by atoms with Gasteiger partial charge in [-0.2, -0.15) is 0 Å². The minimum atomic E-state index is 0.544. The Kier molecular flexibility index (Phi) is 4.76. The van der Waals surface area contributed by atoms with Crippen molar-refractivity contribution in [3.63, 3.8) is 0 Å². The van der Waals surface area contributed by atoms with Gasteiger partial charge in [0, 0.05) is 34.5 Å². The number of aromatic nitrogens is 2. The highest BCUT2D eigenvalue weighted by Gasteiger charge is 2.02. The van der Waals surface area contributed by atoms with E-state index in [2.05, 4.69) is 15.3 Å². The Labute approximate surface area is 139 Å². The predicted molar refractivity (Wildman–Crippen MR) is 92.8 cm³/mol. The van der Waals surface area contributed by atoms with Crippen LogP contribution in [0.3, 0.4) is 0 Å². The first kappa shape index (κ1) is 15.1. The Morgan fingerprint density at radius 2 is 1.95 bits per heavy atom. The van der Waals surface area contributed by atoms with Crippen LogP contribution in [0.25, 0.3) is 10.9 Å². The first-order valence-corrected chi connectivity index (χ1v) is 7.87. The summed E-state index contributed by atoms with van der Waals surface area (Å²) in [4.78, 5) is 8.63. The molecule has 2 aromatic heterocycles. The summed E-state index contributed by atoms with van der Waals surface area (Å²) in [6, 6.07) is 13.4. The number of nitrogens with one attached hydrogen (secondary N) is 1. The topological polar surface area (TPSA) is 37.8 Å². The van der Waals surface area contributed by atoms with Crippen molar-refractivity contribution >= 4 is 39.8 Å². The molecule has 0 radical (unpaired) electrons. The van der Waals surface area contributed by atoms with Gasteiger partial charge in [-0.05, 0) is 49.2 Å². The molecule has 0 saturated heterocycles. The third-order valence-corrected chi connectivity index (χ3v) is 3.85. The van der Waals surface area contributed by atoms with Crippen molar-refractivity contribution in [1.29, 1.82) is 0 Å². The molecule has 0 spiro atoms. The van der Waals surface area contributed by atoms with Gasteiger partial charge in [0.2, 0.25) is 0 Å². The van der Waals surface area contributed by atoms with Crippen molar-refractivity contribution in [2.75, 3.05) is 11.9 Å². The first-order valence-electron chi connectivity index (χ1n) is 7.12. The second-order valence-corrected chi connectivity index (χ2v) is 5.83. The van der Waals surface area contributed by atoms with Crippen molar-refractivity contribution in [1.82, 2.24) is 9.97 Å². The summed E-state index contributed by atoms with van der Waals surface area (Å²) < 4.78 is 0. The van der Waals surface area contributed by atoms with E-state index in [0.29, 0.717) is 10.2 Å². The highest BCUT2D eigenvalue weighted by atomic mass is 35.5. The van der Waals surface area contributed by atoms with E-state index in [1.54, 1.807) is 12.3 Å². The van der Waals surface area contributed by atoms with Crippen molar-refractivity contribution in [2.45, 2.75) is 12.8 Å². The Balaban J connectivity index is 1.62. The summed E-state index contributed by atoms with van der Waals surface area (Å²) in [5.41, 5.74) is 2.98. The largest absolute Gasteiger partial charge is 0.384 e. The fraction of sp³-hybridized carbons (Fsp3) is 0.176. The van der Waals surface area contributed by atoms with Gasteiger partial charge in [-0.1, -0.05) is 29.3 Å². The zero-order valence-corrected chi connectivity index (χ0v) is 13.4. The van der Waals surface area contributed by atoms with E-state index in [-0.39, 0.29) is 0 Å². The fourth-order valence-corrected chi connectivity index (χ4v) is 2.71. The minimum Gasteiger partial charge on any atom is -0.384 e. The average Bonchev–Trinajstić information content (AvgIpc) is 2.51. The molecule has 1 N–H and O–H groups in total. The van der Waals surface area contributed by atoms with E-state index in [9.17, 15) is 0 Å². The first-order chi connectivity index (χ1) is 10.7. The summed E-state index contributed by atoms with van der Waals surface area (Å²) in [5.74, 6) is 0. The maximum Gasteiger partial charge on any atom is 0.129 e. The summed E-state index contributed by atoms with van der Waals surface area (Å²) in [6.07, 6.45) is 3.66. The van der Waals surface area contributed by atoms with Gasteiger partial charge in [0.1, 0.15) is 5.15 Å². The molecule has 0 unspecified atom stereocenters. The summed E-state index contributed by atoms with van der Waals surface area (Å²) in [6.45, 7) is 0.857. The normalized spacial score (nSPS) is 10.8. The second kappa shape index (κ2) is 6.95. The molecule has 0 aliphatic rings. The average molecular weight is 332 g/mol. The number of anilines is 1. The van der Waals surface area contributed by atoms with Crippen LogP contribution < -0.4 is 5.32 Å². The third-order valence-electron chi connectivity index (χ3n) is 3.40. The number of hydrogen-bond donors (Lipinski definition) is 1. The number of nitrogens with zero attached hydrogens (tertiary/aromatic N) is 2. The zero-order chi connectivity index (χ0) is 15.4. The number of fused-ring (bicyclic) bond motifs is 1. The monoisotopic (exact) mass is 331 g/mol. The number of rotatable bonds is 5. The van der Waals surface area contributed by atoms with E-state index in [0.717, 1.165) is 41.7 Å². The highest BCUT2D eigenvalue weighted by Crippen LogP contribution is 2.24. The van der Waals surface area contributed by atoms with Crippen molar-refractivity contribution in [3.05, 3.63) is 64.5 Å². The quantitative estimate of drug-likeness (QED) is 0.529. The van der Waals surface area contributed by atoms with Crippen molar-refractivity contribution in [3.8, 4) is 0 Å². The van der Waals surface area contributed by atoms with Crippen LogP contribution in [0.1, 0.15) is 12.1 Å². The molecule has 5 heteroatoms. The number of hydrogen-bond acceptors (Lipinski definition) is 3. The van der Waals surface area contributed by atoms with Crippen LogP contribution in [0.15, 0.2) is 48.7 Å². The highest BCUT2D eigenvalue weighted by molar-refractivity contribution is 6.31. The summed E-state index contributed by atoms with van der Waals surface area (Å²) in [5, 5.41) is 5.77. The minimum absolute atomic E-state index is 0.544. The lowest BCUT2D eigenvalue weighted by Crippen LogP contribution is -2.04. The van der Waals surface area contributed by atoms with Crippen molar-refractivity contribution < 1.29 is 0 Å². The van der Waals surface area contributed by atoms with Crippen LogP contribution in [0.4, 0.5) is 5.69 Å². The van der Waals surface area contributed by atoms with Gasteiger partial charge in [-0.3, -0.25) is 4.98 Å².